The second-order valence-corrected chi connectivity index (χ2v) is 5.25. The van der Waals surface area contributed by atoms with Crippen LogP contribution in [0.25, 0.3) is 5.65 Å². The maximum Gasteiger partial charge on any atom is 0.178 e. The van der Waals surface area contributed by atoms with E-state index in [0.29, 0.717) is 6.54 Å². The van der Waals surface area contributed by atoms with Gasteiger partial charge in [0.25, 0.3) is 0 Å². The van der Waals surface area contributed by atoms with Gasteiger partial charge < -0.3 is 14.4 Å². The molecule has 7 nitrogen and oxygen atoms in total. The lowest BCUT2D eigenvalue weighted by atomic mass is 10.2. The molecule has 0 amide bonds. The molecule has 0 saturated heterocycles. The van der Waals surface area contributed by atoms with Crippen molar-refractivity contribution in [2.45, 2.75) is 13.5 Å². The lowest BCUT2D eigenvalue weighted by Crippen LogP contribution is -2.18. The third-order valence-electron chi connectivity index (χ3n) is 3.66. The second-order valence-electron chi connectivity index (χ2n) is 5.25. The number of hydrogen-bond donors (Lipinski definition) is 0. The van der Waals surface area contributed by atoms with Crippen molar-refractivity contribution in [2.75, 3.05) is 26.2 Å². The molecule has 0 aliphatic carbocycles. The number of anilines is 1. The van der Waals surface area contributed by atoms with Crippen molar-refractivity contribution >= 4 is 11.5 Å². The Bertz CT molecular complexity index is 830. The first kappa shape index (κ1) is 15.1. The Hall–Kier alpha value is -2.83. The van der Waals surface area contributed by atoms with Crippen LogP contribution in [0, 0.1) is 6.92 Å². The molecule has 0 bridgehead atoms. The Kier molecular flexibility index (Phi) is 4.01. The lowest BCUT2D eigenvalue weighted by Gasteiger charge is -2.19. The maximum atomic E-state index is 5.35. The summed E-state index contributed by atoms with van der Waals surface area (Å²) in [7, 11) is 5.25. The summed E-state index contributed by atoms with van der Waals surface area (Å²) < 4.78 is 12.3. The number of benzene rings is 1. The van der Waals surface area contributed by atoms with Crippen molar-refractivity contribution in [2.24, 2.45) is 0 Å². The zero-order valence-corrected chi connectivity index (χ0v) is 13.6. The van der Waals surface area contributed by atoms with Gasteiger partial charge in [0.2, 0.25) is 0 Å². The maximum absolute atomic E-state index is 5.35. The Balaban J connectivity index is 1.85. The molecule has 23 heavy (non-hydrogen) atoms. The van der Waals surface area contributed by atoms with E-state index in [4.69, 9.17) is 9.47 Å². The van der Waals surface area contributed by atoms with Gasteiger partial charge in [-0.3, -0.25) is 0 Å². The minimum Gasteiger partial charge on any atom is -0.493 e. The van der Waals surface area contributed by atoms with Crippen LogP contribution in [0.4, 0.5) is 5.82 Å². The number of nitrogens with zero attached hydrogens (tertiary/aromatic N) is 5. The number of hydrogen-bond acceptors (Lipinski definition) is 6. The van der Waals surface area contributed by atoms with Crippen LogP contribution < -0.4 is 14.4 Å². The number of methoxy groups -OCH3 is 2. The molecular weight excluding hydrogens is 294 g/mol. The molecule has 0 aliphatic rings. The van der Waals surface area contributed by atoms with Crippen LogP contribution in [-0.4, -0.2) is 41.1 Å². The van der Waals surface area contributed by atoms with Crippen molar-refractivity contribution in [1.82, 2.24) is 19.8 Å². The van der Waals surface area contributed by atoms with E-state index in [2.05, 4.69) is 20.2 Å². The van der Waals surface area contributed by atoms with Gasteiger partial charge in [0.15, 0.2) is 23.0 Å². The van der Waals surface area contributed by atoms with Crippen molar-refractivity contribution in [3.8, 4) is 11.5 Å². The second kappa shape index (κ2) is 6.12. The lowest BCUT2D eigenvalue weighted by molar-refractivity contribution is 0.354. The van der Waals surface area contributed by atoms with E-state index in [0.717, 1.165) is 34.4 Å². The molecule has 0 spiro atoms. The van der Waals surface area contributed by atoms with Gasteiger partial charge in [-0.15, -0.1) is 15.3 Å². The molecule has 1 aromatic carbocycles. The average Bonchev–Trinajstić information content (AvgIpc) is 2.95. The minimum atomic E-state index is 0.694. The monoisotopic (exact) mass is 313 g/mol. The summed E-state index contributed by atoms with van der Waals surface area (Å²) in [6, 6.07) is 9.73. The van der Waals surface area contributed by atoms with Gasteiger partial charge in [0, 0.05) is 13.6 Å². The number of rotatable bonds is 5. The summed E-state index contributed by atoms with van der Waals surface area (Å²) in [6.07, 6.45) is 0. The normalized spacial score (nSPS) is 10.8. The first-order chi connectivity index (χ1) is 11.1. The van der Waals surface area contributed by atoms with Crippen LogP contribution in [0.2, 0.25) is 0 Å². The highest BCUT2D eigenvalue weighted by Crippen LogP contribution is 2.28. The van der Waals surface area contributed by atoms with E-state index in [1.54, 1.807) is 18.7 Å². The van der Waals surface area contributed by atoms with Crippen molar-refractivity contribution in [1.29, 1.82) is 0 Å². The van der Waals surface area contributed by atoms with E-state index in [-0.39, 0.29) is 0 Å². The van der Waals surface area contributed by atoms with Crippen LogP contribution in [-0.2, 0) is 6.54 Å². The van der Waals surface area contributed by atoms with E-state index >= 15 is 0 Å². The van der Waals surface area contributed by atoms with Gasteiger partial charge in [-0.25, -0.2) is 0 Å². The van der Waals surface area contributed by atoms with Gasteiger partial charge in [0.05, 0.1) is 14.2 Å². The van der Waals surface area contributed by atoms with Crippen LogP contribution in [0.5, 0.6) is 11.5 Å². The summed E-state index contributed by atoms with van der Waals surface area (Å²) >= 11 is 0. The van der Waals surface area contributed by atoms with Crippen molar-refractivity contribution < 1.29 is 9.47 Å². The van der Waals surface area contributed by atoms with E-state index < -0.39 is 0 Å². The molecule has 0 radical (unpaired) electrons. The fourth-order valence-electron chi connectivity index (χ4n) is 2.42. The van der Waals surface area contributed by atoms with Gasteiger partial charge in [-0.2, -0.15) is 4.52 Å². The quantitative estimate of drug-likeness (QED) is 0.718. The van der Waals surface area contributed by atoms with Gasteiger partial charge in [-0.1, -0.05) is 6.07 Å². The molecular formula is C16H19N5O2. The number of fused-ring (bicyclic) bond motifs is 1. The molecule has 0 N–H and O–H groups in total. The highest BCUT2D eigenvalue weighted by Gasteiger charge is 2.10. The summed E-state index contributed by atoms with van der Waals surface area (Å²) in [5, 5.41) is 12.6. The molecule has 0 saturated carbocycles. The first-order valence-electron chi connectivity index (χ1n) is 7.23. The highest BCUT2D eigenvalue weighted by atomic mass is 16.5. The van der Waals surface area contributed by atoms with Gasteiger partial charge in [0.1, 0.15) is 5.82 Å². The molecule has 3 aromatic rings. The molecule has 0 aliphatic heterocycles. The molecule has 2 aromatic heterocycles. The minimum absolute atomic E-state index is 0.694. The fraction of sp³-hybridized carbons (Fsp3) is 0.312. The SMILES string of the molecule is COc1ccc(CN(C)c2ccc3nnc(C)n3n2)cc1OC. The van der Waals surface area contributed by atoms with Gasteiger partial charge >= 0.3 is 0 Å². The number of aromatic nitrogens is 4. The molecule has 120 valence electrons. The summed E-state index contributed by atoms with van der Waals surface area (Å²) in [5.74, 6) is 3.05. The summed E-state index contributed by atoms with van der Waals surface area (Å²) in [6.45, 7) is 2.57. The van der Waals surface area contributed by atoms with E-state index in [9.17, 15) is 0 Å². The molecule has 0 unspecified atom stereocenters. The predicted octanol–water partition coefficient (Wildman–Crippen LogP) is 2.09. The van der Waals surface area contributed by atoms with E-state index in [1.165, 1.54) is 0 Å². The van der Waals surface area contributed by atoms with Crippen molar-refractivity contribution in [3.63, 3.8) is 0 Å². The Labute approximate surface area is 134 Å². The standard InChI is InChI=1S/C16H19N5O2/c1-11-17-18-15-7-8-16(19-21(11)15)20(2)10-12-5-6-13(22-3)14(9-12)23-4/h5-9H,10H2,1-4H3. The van der Waals surface area contributed by atoms with Crippen LogP contribution in [0.15, 0.2) is 30.3 Å². The third-order valence-corrected chi connectivity index (χ3v) is 3.66. The Morgan fingerprint density at radius 2 is 1.83 bits per heavy atom. The van der Waals surface area contributed by atoms with Gasteiger partial charge in [-0.05, 0) is 36.8 Å². The van der Waals surface area contributed by atoms with Crippen LogP contribution >= 0.6 is 0 Å². The average molecular weight is 313 g/mol. The van der Waals surface area contributed by atoms with Crippen molar-refractivity contribution in [3.05, 3.63) is 41.7 Å². The zero-order valence-electron chi connectivity index (χ0n) is 13.6. The molecule has 0 fully saturated rings. The fourth-order valence-corrected chi connectivity index (χ4v) is 2.42. The molecule has 3 rings (SSSR count). The number of aryl methyl sites for hydroxylation is 1. The topological polar surface area (TPSA) is 64.8 Å². The highest BCUT2D eigenvalue weighted by molar-refractivity contribution is 5.47. The predicted molar refractivity (Wildman–Crippen MR) is 87.2 cm³/mol. The zero-order chi connectivity index (χ0) is 16.4. The Morgan fingerprint density at radius 3 is 2.57 bits per heavy atom. The van der Waals surface area contributed by atoms with Crippen LogP contribution in [0.3, 0.4) is 0 Å². The first-order valence-corrected chi connectivity index (χ1v) is 7.23. The molecule has 7 heteroatoms. The molecule has 0 atom stereocenters. The molecule has 2 heterocycles. The third kappa shape index (κ3) is 2.90. The summed E-state index contributed by atoms with van der Waals surface area (Å²) in [4.78, 5) is 2.06. The van der Waals surface area contributed by atoms with Crippen LogP contribution in [0.1, 0.15) is 11.4 Å². The largest absolute Gasteiger partial charge is 0.493 e. The van der Waals surface area contributed by atoms with E-state index in [1.807, 2.05) is 44.3 Å². The Morgan fingerprint density at radius 1 is 1.04 bits per heavy atom. The smallest absolute Gasteiger partial charge is 0.178 e. The summed E-state index contributed by atoms with van der Waals surface area (Å²) in [5.41, 5.74) is 1.85. The number of ether oxygens (including phenoxy) is 2.